The zero-order chi connectivity index (χ0) is 40.9. The van der Waals surface area contributed by atoms with Gasteiger partial charge in [-0.15, -0.1) is 0 Å². The summed E-state index contributed by atoms with van der Waals surface area (Å²) in [5.41, 5.74) is 20.6. The summed E-state index contributed by atoms with van der Waals surface area (Å²) in [5.74, 6) is 0. The number of benzene rings is 9. The maximum Gasteiger partial charge on any atom is 0.0619 e. The average molecular weight is 781 g/mol. The highest BCUT2D eigenvalue weighted by Gasteiger charge is 2.35. The third kappa shape index (κ3) is 6.27. The van der Waals surface area contributed by atoms with E-state index in [-0.39, 0.29) is 5.41 Å². The van der Waals surface area contributed by atoms with Crippen LogP contribution in [0.2, 0.25) is 0 Å². The lowest BCUT2D eigenvalue weighted by Gasteiger charge is -2.28. The highest BCUT2D eigenvalue weighted by molar-refractivity contribution is 6.07. The molecule has 0 fully saturated rings. The van der Waals surface area contributed by atoms with Gasteiger partial charge in [0.05, 0.1) is 11.2 Å². The molecule has 9 aromatic carbocycles. The van der Waals surface area contributed by atoms with E-state index in [0.717, 1.165) is 22.7 Å². The minimum Gasteiger partial charge on any atom is -0.310 e. The van der Waals surface area contributed by atoms with Crippen LogP contribution < -0.4 is 4.90 Å². The Morgan fingerprint density at radius 1 is 0.361 bits per heavy atom. The Hall–Kier alpha value is -7.68. The van der Waals surface area contributed by atoms with Crippen LogP contribution in [0.5, 0.6) is 0 Å². The third-order valence-corrected chi connectivity index (χ3v) is 12.6. The van der Waals surface area contributed by atoms with Crippen molar-refractivity contribution in [3.8, 4) is 61.5 Å². The van der Waals surface area contributed by atoms with Crippen molar-refractivity contribution in [1.29, 1.82) is 0 Å². The number of nitrogens with zero attached hydrogens (tertiary/aromatic N) is 2. The van der Waals surface area contributed by atoms with Gasteiger partial charge >= 0.3 is 0 Å². The molecule has 0 spiro atoms. The fourth-order valence-corrected chi connectivity index (χ4v) is 9.60. The SMILES string of the molecule is CC1(C)c2ccccc2-c2ccc(N(c3ccccc3)c3ccc(-c4ccc5c(c4)c(-c4ccccc4)c(-c4ccccc4)n5-c4ccc(-c5ccccc5)cc4)cc3)cc21. The maximum absolute atomic E-state index is 2.45. The monoisotopic (exact) mass is 780 g/mol. The number of hydrogen-bond donors (Lipinski definition) is 0. The minimum atomic E-state index is -0.0870. The second-order valence-electron chi connectivity index (χ2n) is 16.6. The summed E-state index contributed by atoms with van der Waals surface area (Å²) in [4.78, 5) is 2.38. The summed E-state index contributed by atoms with van der Waals surface area (Å²) in [7, 11) is 0. The molecule has 0 unspecified atom stereocenters. The van der Waals surface area contributed by atoms with Gasteiger partial charge in [0, 0.05) is 39.1 Å². The highest BCUT2D eigenvalue weighted by Crippen LogP contribution is 2.51. The van der Waals surface area contributed by atoms with Crippen LogP contribution in [0.4, 0.5) is 17.1 Å². The molecule has 0 saturated heterocycles. The molecular weight excluding hydrogens is 737 g/mol. The standard InChI is InChI=1S/C59H44N2/c1-59(2)54-26-16-15-25-51(54)52-37-36-50(40-55(52)59)60(47-23-13-6-14-24-47)48-32-29-43(30-33-48)46-31-38-56-53(39-46)57(44-19-9-4-10-20-44)58(45-21-11-5-12-22-45)61(56)49-34-27-42(28-35-49)41-17-7-3-8-18-41/h3-40H,1-2H3. The van der Waals surface area contributed by atoms with Gasteiger partial charge in [-0.05, 0) is 116 Å². The van der Waals surface area contributed by atoms with Crippen molar-refractivity contribution in [2.24, 2.45) is 0 Å². The molecule has 0 saturated carbocycles. The Balaban J connectivity index is 1.04. The van der Waals surface area contributed by atoms with Gasteiger partial charge in [-0.25, -0.2) is 0 Å². The van der Waals surface area contributed by atoms with Crippen LogP contribution in [-0.4, -0.2) is 4.57 Å². The number of para-hydroxylation sites is 1. The van der Waals surface area contributed by atoms with Crippen molar-refractivity contribution in [3.63, 3.8) is 0 Å². The molecule has 0 atom stereocenters. The molecule has 1 aliphatic rings. The summed E-state index contributed by atoms with van der Waals surface area (Å²) in [6.45, 7) is 4.70. The second-order valence-corrected chi connectivity index (χ2v) is 16.6. The largest absolute Gasteiger partial charge is 0.310 e. The molecule has 2 heteroatoms. The topological polar surface area (TPSA) is 8.17 Å². The quantitative estimate of drug-likeness (QED) is 0.149. The molecule has 0 amide bonds. The van der Waals surface area contributed by atoms with E-state index in [0.29, 0.717) is 0 Å². The number of fused-ring (bicyclic) bond motifs is 4. The zero-order valence-corrected chi connectivity index (χ0v) is 34.3. The first-order valence-corrected chi connectivity index (χ1v) is 21.2. The zero-order valence-electron chi connectivity index (χ0n) is 34.3. The summed E-state index contributed by atoms with van der Waals surface area (Å²) in [6.07, 6.45) is 0. The second kappa shape index (κ2) is 14.9. The smallest absolute Gasteiger partial charge is 0.0619 e. The van der Waals surface area contributed by atoms with E-state index in [1.807, 2.05) is 0 Å². The Kier molecular flexibility index (Phi) is 8.86. The minimum absolute atomic E-state index is 0.0870. The van der Waals surface area contributed by atoms with Gasteiger partial charge in [-0.1, -0.05) is 184 Å². The van der Waals surface area contributed by atoms with E-state index in [2.05, 4.69) is 254 Å². The van der Waals surface area contributed by atoms with E-state index < -0.39 is 0 Å². The van der Waals surface area contributed by atoms with Crippen LogP contribution in [0.25, 0.3) is 72.4 Å². The lowest BCUT2D eigenvalue weighted by atomic mass is 9.82. The van der Waals surface area contributed by atoms with Crippen LogP contribution in [0.3, 0.4) is 0 Å². The third-order valence-electron chi connectivity index (χ3n) is 12.6. The Morgan fingerprint density at radius 3 is 1.54 bits per heavy atom. The van der Waals surface area contributed by atoms with E-state index in [4.69, 9.17) is 0 Å². The molecule has 0 aliphatic heterocycles. The van der Waals surface area contributed by atoms with Gasteiger partial charge in [-0.3, -0.25) is 0 Å². The first-order chi connectivity index (χ1) is 30.0. The van der Waals surface area contributed by atoms with Crippen LogP contribution in [-0.2, 0) is 5.41 Å². The molecular formula is C59H44N2. The van der Waals surface area contributed by atoms with E-state index in [1.54, 1.807) is 0 Å². The van der Waals surface area contributed by atoms with Gasteiger partial charge in [0.15, 0.2) is 0 Å². The van der Waals surface area contributed by atoms with E-state index >= 15 is 0 Å². The summed E-state index contributed by atoms with van der Waals surface area (Å²) < 4.78 is 2.45. The summed E-state index contributed by atoms with van der Waals surface area (Å²) >= 11 is 0. The molecule has 61 heavy (non-hydrogen) atoms. The Bertz CT molecular complexity index is 3160. The molecule has 1 aromatic heterocycles. The molecule has 11 rings (SSSR count). The number of aromatic nitrogens is 1. The molecule has 0 bridgehead atoms. The van der Waals surface area contributed by atoms with Crippen molar-refractivity contribution >= 4 is 28.0 Å². The maximum atomic E-state index is 2.45. The summed E-state index contributed by atoms with van der Waals surface area (Å²) in [6, 6.07) is 84.0. The fraction of sp³-hybridized carbons (Fsp3) is 0.0508. The van der Waals surface area contributed by atoms with Crippen molar-refractivity contribution in [2.75, 3.05) is 4.90 Å². The van der Waals surface area contributed by atoms with E-state index in [1.165, 1.54) is 77.8 Å². The van der Waals surface area contributed by atoms with Crippen LogP contribution >= 0.6 is 0 Å². The first kappa shape index (κ1) is 36.4. The van der Waals surface area contributed by atoms with Crippen LogP contribution in [0.15, 0.2) is 231 Å². The van der Waals surface area contributed by atoms with Crippen molar-refractivity contribution in [1.82, 2.24) is 4.57 Å². The van der Waals surface area contributed by atoms with Gasteiger partial charge in [0.1, 0.15) is 0 Å². The van der Waals surface area contributed by atoms with Gasteiger partial charge < -0.3 is 9.47 Å². The van der Waals surface area contributed by atoms with Gasteiger partial charge in [-0.2, -0.15) is 0 Å². The fourth-order valence-electron chi connectivity index (χ4n) is 9.60. The van der Waals surface area contributed by atoms with Crippen LogP contribution in [0, 0.1) is 0 Å². The van der Waals surface area contributed by atoms with Crippen molar-refractivity contribution in [2.45, 2.75) is 19.3 Å². The molecule has 2 nitrogen and oxygen atoms in total. The predicted molar refractivity (Wildman–Crippen MR) is 257 cm³/mol. The molecule has 1 aliphatic carbocycles. The Labute approximate surface area is 358 Å². The molecule has 1 heterocycles. The molecule has 10 aromatic rings. The average Bonchev–Trinajstić information content (AvgIpc) is 3.79. The Morgan fingerprint density at radius 2 is 0.852 bits per heavy atom. The molecule has 290 valence electrons. The molecule has 0 radical (unpaired) electrons. The highest BCUT2D eigenvalue weighted by atomic mass is 15.1. The van der Waals surface area contributed by atoms with Crippen LogP contribution in [0.1, 0.15) is 25.0 Å². The van der Waals surface area contributed by atoms with Gasteiger partial charge in [0.25, 0.3) is 0 Å². The predicted octanol–water partition coefficient (Wildman–Crippen LogP) is 16.1. The summed E-state index contributed by atoms with van der Waals surface area (Å²) in [5, 5.41) is 1.21. The van der Waals surface area contributed by atoms with Crippen molar-refractivity contribution < 1.29 is 0 Å². The lowest BCUT2D eigenvalue weighted by molar-refractivity contribution is 0.660. The van der Waals surface area contributed by atoms with Crippen molar-refractivity contribution in [3.05, 3.63) is 242 Å². The molecule has 0 N–H and O–H groups in total. The first-order valence-electron chi connectivity index (χ1n) is 21.2. The van der Waals surface area contributed by atoms with Gasteiger partial charge in [0.2, 0.25) is 0 Å². The lowest BCUT2D eigenvalue weighted by Crippen LogP contribution is -2.16. The normalized spacial score (nSPS) is 12.6. The number of rotatable bonds is 8. The van der Waals surface area contributed by atoms with E-state index in [9.17, 15) is 0 Å². The number of anilines is 3. The number of hydrogen-bond acceptors (Lipinski definition) is 1.